The van der Waals surface area contributed by atoms with E-state index in [0.717, 1.165) is 35.2 Å². The molecule has 0 radical (unpaired) electrons. The molecule has 0 aliphatic heterocycles. The van der Waals surface area contributed by atoms with E-state index in [4.69, 9.17) is 16.3 Å². The molecule has 1 N–H and O–H groups in total. The Bertz CT molecular complexity index is 994. The molecule has 3 aromatic rings. The third-order valence-electron chi connectivity index (χ3n) is 3.94. The number of halogens is 4. The number of rotatable bonds is 6. The van der Waals surface area contributed by atoms with E-state index < -0.39 is 17.8 Å². The second-order valence-electron chi connectivity index (χ2n) is 6.30. The third-order valence-corrected chi connectivity index (χ3v) is 5.30. The maximum atomic E-state index is 13.0. The molecule has 0 spiro atoms. The number of hydrogen-bond donors (Lipinski definition) is 1. The number of benzene rings is 1. The molecular weight excluding hydrogens is 415 g/mol. The number of aliphatic hydroxyl groups excluding tert-OH is 1. The van der Waals surface area contributed by atoms with E-state index in [1.54, 1.807) is 0 Å². The SMILES string of the molecule is Cc1ccc(C)c(OCC(O)CSc2nnc3c(Cl)cc(C(F)(F)F)cn23)c1. The maximum absolute atomic E-state index is 13.0. The van der Waals surface area contributed by atoms with Crippen LogP contribution in [0.2, 0.25) is 5.02 Å². The number of pyridine rings is 1. The Balaban J connectivity index is 1.67. The molecule has 2 heterocycles. The van der Waals surface area contributed by atoms with E-state index >= 15 is 0 Å². The summed E-state index contributed by atoms with van der Waals surface area (Å²) in [7, 11) is 0. The summed E-state index contributed by atoms with van der Waals surface area (Å²) in [6.07, 6.45) is -4.50. The van der Waals surface area contributed by atoms with Gasteiger partial charge in [-0.05, 0) is 37.1 Å². The van der Waals surface area contributed by atoms with Crippen LogP contribution in [-0.4, -0.2) is 38.2 Å². The lowest BCUT2D eigenvalue weighted by molar-refractivity contribution is -0.137. The molecule has 5 nitrogen and oxygen atoms in total. The quantitative estimate of drug-likeness (QED) is 0.580. The zero-order valence-corrected chi connectivity index (χ0v) is 16.6. The van der Waals surface area contributed by atoms with Crippen molar-refractivity contribution in [2.45, 2.75) is 31.3 Å². The highest BCUT2D eigenvalue weighted by Crippen LogP contribution is 2.33. The lowest BCUT2D eigenvalue weighted by Gasteiger charge is -2.14. The largest absolute Gasteiger partial charge is 0.491 e. The molecule has 0 aliphatic carbocycles. The first-order valence-corrected chi connectivity index (χ1v) is 9.64. The van der Waals surface area contributed by atoms with Crippen molar-refractivity contribution in [3.05, 3.63) is 52.2 Å². The number of hydrogen-bond acceptors (Lipinski definition) is 5. The van der Waals surface area contributed by atoms with Crippen molar-refractivity contribution in [2.75, 3.05) is 12.4 Å². The number of nitrogens with zero attached hydrogens (tertiary/aromatic N) is 3. The fourth-order valence-corrected chi connectivity index (χ4v) is 3.52. The number of ether oxygens (including phenoxy) is 1. The molecule has 0 saturated carbocycles. The second kappa shape index (κ2) is 8.18. The number of aliphatic hydroxyl groups is 1. The molecule has 3 rings (SSSR count). The van der Waals surface area contributed by atoms with Crippen molar-refractivity contribution in [1.29, 1.82) is 0 Å². The zero-order chi connectivity index (χ0) is 20.5. The number of aryl methyl sites for hydroxylation is 2. The molecule has 0 fully saturated rings. The zero-order valence-electron chi connectivity index (χ0n) is 15.0. The van der Waals surface area contributed by atoms with Gasteiger partial charge in [0, 0.05) is 11.9 Å². The van der Waals surface area contributed by atoms with Gasteiger partial charge >= 0.3 is 6.18 Å². The highest BCUT2D eigenvalue weighted by molar-refractivity contribution is 7.99. The van der Waals surface area contributed by atoms with Crippen molar-refractivity contribution in [2.24, 2.45) is 0 Å². The average Bonchev–Trinajstić information content (AvgIpc) is 3.03. The molecule has 0 bridgehead atoms. The van der Waals surface area contributed by atoms with Gasteiger partial charge in [-0.1, -0.05) is 35.5 Å². The molecule has 28 heavy (non-hydrogen) atoms. The number of alkyl halides is 3. The molecule has 0 amide bonds. The van der Waals surface area contributed by atoms with Gasteiger partial charge in [0.2, 0.25) is 0 Å². The summed E-state index contributed by atoms with van der Waals surface area (Å²) in [6.45, 7) is 3.89. The molecule has 150 valence electrons. The van der Waals surface area contributed by atoms with Gasteiger partial charge in [0.05, 0.1) is 16.7 Å². The highest BCUT2D eigenvalue weighted by Gasteiger charge is 2.32. The van der Waals surface area contributed by atoms with Crippen LogP contribution >= 0.6 is 23.4 Å². The average molecular weight is 432 g/mol. The Morgan fingerprint density at radius 2 is 2.00 bits per heavy atom. The first-order chi connectivity index (χ1) is 13.1. The fourth-order valence-electron chi connectivity index (χ4n) is 2.45. The van der Waals surface area contributed by atoms with E-state index in [0.29, 0.717) is 5.75 Å². The number of aromatic nitrogens is 3. The summed E-state index contributed by atoms with van der Waals surface area (Å²) in [4.78, 5) is 0. The van der Waals surface area contributed by atoms with Gasteiger partial charge in [0.25, 0.3) is 0 Å². The molecule has 1 unspecified atom stereocenters. The monoisotopic (exact) mass is 431 g/mol. The van der Waals surface area contributed by atoms with Gasteiger partial charge < -0.3 is 9.84 Å². The summed E-state index contributed by atoms with van der Waals surface area (Å²) in [6, 6.07) is 6.58. The van der Waals surface area contributed by atoms with Gasteiger partial charge in [0.1, 0.15) is 12.4 Å². The second-order valence-corrected chi connectivity index (χ2v) is 7.69. The van der Waals surface area contributed by atoms with Gasteiger partial charge in [-0.25, -0.2) is 0 Å². The Kier molecular flexibility index (Phi) is 6.07. The molecular formula is C18H17ClF3N3O2S. The molecule has 2 aromatic heterocycles. The minimum atomic E-state index is -4.54. The van der Waals surface area contributed by atoms with Crippen molar-refractivity contribution >= 4 is 29.0 Å². The summed E-state index contributed by atoms with van der Waals surface area (Å²) in [5.41, 5.74) is 1.21. The predicted octanol–water partition coefficient (Wildman–Crippen LogP) is 4.55. The Morgan fingerprint density at radius 1 is 1.25 bits per heavy atom. The standard InChI is InChI=1S/C18H17ClF3N3O2S/c1-10-3-4-11(2)15(5-10)27-8-13(26)9-28-17-24-23-16-14(19)6-12(7-25(16)17)18(20,21)22/h3-7,13,26H,8-9H2,1-2H3. The third kappa shape index (κ3) is 4.71. The van der Waals surface area contributed by atoms with Crippen molar-refractivity contribution in [3.8, 4) is 5.75 Å². The van der Waals surface area contributed by atoms with E-state index in [2.05, 4.69) is 10.2 Å². The molecule has 10 heteroatoms. The van der Waals surface area contributed by atoms with Crippen LogP contribution in [0.1, 0.15) is 16.7 Å². The van der Waals surface area contributed by atoms with Crippen LogP contribution in [0.15, 0.2) is 35.6 Å². The van der Waals surface area contributed by atoms with Crippen LogP contribution in [0.3, 0.4) is 0 Å². The Hall–Kier alpha value is -1.97. The summed E-state index contributed by atoms with van der Waals surface area (Å²) < 4.78 is 45.8. The van der Waals surface area contributed by atoms with Crippen LogP contribution < -0.4 is 4.74 Å². The van der Waals surface area contributed by atoms with E-state index in [9.17, 15) is 18.3 Å². The van der Waals surface area contributed by atoms with Crippen molar-refractivity contribution < 1.29 is 23.0 Å². The van der Waals surface area contributed by atoms with Crippen molar-refractivity contribution in [1.82, 2.24) is 14.6 Å². The van der Waals surface area contributed by atoms with E-state index in [1.165, 1.54) is 4.40 Å². The maximum Gasteiger partial charge on any atom is 0.417 e. The number of thioether (sulfide) groups is 1. The van der Waals surface area contributed by atoms with Crippen LogP contribution in [0.25, 0.3) is 5.65 Å². The molecule has 1 aromatic carbocycles. The lowest BCUT2D eigenvalue weighted by atomic mass is 10.1. The smallest absolute Gasteiger partial charge is 0.417 e. The predicted molar refractivity (Wildman–Crippen MR) is 101 cm³/mol. The van der Waals surface area contributed by atoms with Crippen molar-refractivity contribution in [3.63, 3.8) is 0 Å². The summed E-state index contributed by atoms with van der Waals surface area (Å²) in [5, 5.41) is 17.9. The molecule has 0 aliphatic rings. The molecule has 0 saturated heterocycles. The fraction of sp³-hybridized carbons (Fsp3) is 0.333. The highest BCUT2D eigenvalue weighted by atomic mass is 35.5. The van der Waals surface area contributed by atoms with Gasteiger partial charge in [0.15, 0.2) is 10.8 Å². The first kappa shape index (κ1) is 20.8. The van der Waals surface area contributed by atoms with Crippen LogP contribution in [-0.2, 0) is 6.18 Å². The topological polar surface area (TPSA) is 59.7 Å². The van der Waals surface area contributed by atoms with Crippen LogP contribution in [0.4, 0.5) is 13.2 Å². The van der Waals surface area contributed by atoms with E-state index in [1.807, 2.05) is 32.0 Å². The van der Waals surface area contributed by atoms with Crippen LogP contribution in [0.5, 0.6) is 5.75 Å². The summed E-state index contributed by atoms with van der Waals surface area (Å²) in [5.74, 6) is 0.845. The Labute approximate surface area is 168 Å². The van der Waals surface area contributed by atoms with Gasteiger partial charge in [-0.15, -0.1) is 10.2 Å². The van der Waals surface area contributed by atoms with Gasteiger partial charge in [-0.3, -0.25) is 4.40 Å². The van der Waals surface area contributed by atoms with Crippen LogP contribution in [0, 0.1) is 13.8 Å². The first-order valence-electron chi connectivity index (χ1n) is 8.27. The van der Waals surface area contributed by atoms with E-state index in [-0.39, 0.29) is 28.2 Å². The molecule has 1 atom stereocenters. The number of fused-ring (bicyclic) bond motifs is 1. The minimum Gasteiger partial charge on any atom is -0.491 e. The lowest BCUT2D eigenvalue weighted by Crippen LogP contribution is -2.20. The van der Waals surface area contributed by atoms with Gasteiger partial charge in [-0.2, -0.15) is 13.2 Å². The summed E-state index contributed by atoms with van der Waals surface area (Å²) >= 11 is 6.96. The Morgan fingerprint density at radius 3 is 2.71 bits per heavy atom. The normalized spacial score (nSPS) is 13.1. The minimum absolute atomic E-state index is 0.0442.